The van der Waals surface area contributed by atoms with E-state index in [-0.39, 0.29) is 0 Å². The van der Waals surface area contributed by atoms with Crippen LogP contribution >= 0.6 is 11.3 Å². The average molecular weight is 238 g/mol. The third kappa shape index (κ3) is 3.12. The molecule has 0 bridgehead atoms. The van der Waals surface area contributed by atoms with E-state index in [1.165, 1.54) is 12.8 Å². The number of Topliss-reactive ketones (excluding diaryl/α,β-unsaturated/α-hetero) is 1. The Hall–Kier alpha value is -0.740. The second-order valence-corrected chi connectivity index (χ2v) is 5.22. The van der Waals surface area contributed by atoms with Crippen LogP contribution in [0.5, 0.6) is 0 Å². The number of nitrogens with zero attached hydrogens (tertiary/aromatic N) is 2. The molecule has 1 atom stereocenters. The Morgan fingerprint density at radius 1 is 1.62 bits per heavy atom. The molecular formula is C12H18N2OS. The lowest BCUT2D eigenvalue weighted by Gasteiger charge is -2.34. The lowest BCUT2D eigenvalue weighted by Crippen LogP contribution is -2.40. The van der Waals surface area contributed by atoms with Gasteiger partial charge in [-0.2, -0.15) is 0 Å². The summed E-state index contributed by atoms with van der Waals surface area (Å²) < 4.78 is 0. The highest BCUT2D eigenvalue weighted by atomic mass is 32.1. The van der Waals surface area contributed by atoms with Gasteiger partial charge >= 0.3 is 0 Å². The number of carbonyl (C=O) groups excluding carboxylic acids is 1. The van der Waals surface area contributed by atoms with Crippen molar-refractivity contribution in [3.05, 3.63) is 16.6 Å². The number of carbonyl (C=O) groups is 1. The van der Waals surface area contributed by atoms with E-state index in [0.29, 0.717) is 18.2 Å². The fourth-order valence-electron chi connectivity index (χ4n) is 2.35. The van der Waals surface area contributed by atoms with Gasteiger partial charge in [0.25, 0.3) is 0 Å². The van der Waals surface area contributed by atoms with E-state index in [1.807, 2.05) is 5.51 Å². The zero-order chi connectivity index (χ0) is 11.4. The molecule has 1 aromatic heterocycles. The smallest absolute Gasteiger partial charge is 0.131 e. The molecule has 4 heteroatoms. The summed E-state index contributed by atoms with van der Waals surface area (Å²) in [6, 6.07) is 0.438. The van der Waals surface area contributed by atoms with Gasteiger partial charge < -0.3 is 0 Å². The Morgan fingerprint density at radius 3 is 3.19 bits per heavy atom. The molecule has 0 saturated carbocycles. The molecule has 0 N–H and O–H groups in total. The lowest BCUT2D eigenvalue weighted by atomic mass is 9.98. The Morgan fingerprint density at radius 2 is 2.50 bits per heavy atom. The van der Waals surface area contributed by atoms with Gasteiger partial charge in [0.2, 0.25) is 0 Å². The highest BCUT2D eigenvalue weighted by molar-refractivity contribution is 7.07. The largest absolute Gasteiger partial charge is 0.300 e. The molecule has 88 valence electrons. The minimum Gasteiger partial charge on any atom is -0.300 e. The second-order valence-electron chi connectivity index (χ2n) is 4.51. The first-order chi connectivity index (χ1) is 7.75. The van der Waals surface area contributed by atoms with E-state index in [1.54, 1.807) is 18.3 Å². The normalized spacial score (nSPS) is 22.2. The molecule has 2 heterocycles. The van der Waals surface area contributed by atoms with E-state index in [2.05, 4.69) is 15.3 Å². The first kappa shape index (κ1) is 11.7. The number of thiazole rings is 1. The molecule has 0 spiro atoms. The topological polar surface area (TPSA) is 33.2 Å². The molecule has 0 amide bonds. The predicted molar refractivity (Wildman–Crippen MR) is 65.5 cm³/mol. The summed E-state index contributed by atoms with van der Waals surface area (Å²) in [5, 5.41) is 2.10. The van der Waals surface area contributed by atoms with Gasteiger partial charge in [0.1, 0.15) is 5.78 Å². The van der Waals surface area contributed by atoms with E-state index >= 15 is 0 Å². The van der Waals surface area contributed by atoms with Gasteiger partial charge in [0.15, 0.2) is 0 Å². The molecule has 16 heavy (non-hydrogen) atoms. The molecule has 3 nitrogen and oxygen atoms in total. The second kappa shape index (κ2) is 5.55. The summed E-state index contributed by atoms with van der Waals surface area (Å²) in [5.41, 5.74) is 3.01. The molecule has 0 aliphatic carbocycles. The van der Waals surface area contributed by atoms with Crippen molar-refractivity contribution in [1.29, 1.82) is 0 Å². The Balaban J connectivity index is 1.96. The van der Waals surface area contributed by atoms with Crippen LogP contribution in [0, 0.1) is 0 Å². The van der Waals surface area contributed by atoms with Gasteiger partial charge in [-0.15, -0.1) is 11.3 Å². The third-order valence-corrected chi connectivity index (χ3v) is 3.76. The third-order valence-electron chi connectivity index (χ3n) is 3.12. The van der Waals surface area contributed by atoms with Gasteiger partial charge in [-0.3, -0.25) is 9.69 Å². The SMILES string of the molecule is CC(=O)CC1CCCCN1Cc1cscn1. The summed E-state index contributed by atoms with van der Waals surface area (Å²) in [6.45, 7) is 3.70. The monoisotopic (exact) mass is 238 g/mol. The molecule has 0 radical (unpaired) electrons. The summed E-state index contributed by atoms with van der Waals surface area (Å²) in [4.78, 5) is 18.0. The molecule has 1 aliphatic rings. The van der Waals surface area contributed by atoms with Crippen molar-refractivity contribution in [2.24, 2.45) is 0 Å². The van der Waals surface area contributed by atoms with Crippen molar-refractivity contribution >= 4 is 17.1 Å². The number of hydrogen-bond donors (Lipinski definition) is 0. The molecule has 1 aliphatic heterocycles. The molecule has 0 aromatic carbocycles. The Kier molecular flexibility index (Phi) is 4.07. The van der Waals surface area contributed by atoms with Crippen LogP contribution in [-0.4, -0.2) is 28.3 Å². The van der Waals surface area contributed by atoms with Crippen molar-refractivity contribution in [2.45, 2.75) is 45.2 Å². The maximum Gasteiger partial charge on any atom is 0.131 e. The molecule has 1 aromatic rings. The zero-order valence-electron chi connectivity index (χ0n) is 9.69. The molecule has 1 unspecified atom stereocenters. The standard InChI is InChI=1S/C12H18N2OS/c1-10(15)6-12-4-2-3-5-14(12)7-11-8-16-9-13-11/h8-9,12H,2-7H2,1H3. The summed E-state index contributed by atoms with van der Waals surface area (Å²) in [7, 11) is 0. The summed E-state index contributed by atoms with van der Waals surface area (Å²) in [6.07, 6.45) is 4.36. The van der Waals surface area contributed by atoms with E-state index in [0.717, 1.165) is 25.2 Å². The number of likely N-dealkylation sites (tertiary alicyclic amines) is 1. The van der Waals surface area contributed by atoms with Crippen LogP contribution in [0.15, 0.2) is 10.9 Å². The molecule has 1 saturated heterocycles. The van der Waals surface area contributed by atoms with E-state index in [9.17, 15) is 4.79 Å². The van der Waals surface area contributed by atoms with Crippen LogP contribution < -0.4 is 0 Å². The van der Waals surface area contributed by atoms with E-state index < -0.39 is 0 Å². The minimum absolute atomic E-state index is 0.301. The van der Waals surface area contributed by atoms with Crippen molar-refractivity contribution in [2.75, 3.05) is 6.54 Å². The minimum atomic E-state index is 0.301. The fraction of sp³-hybridized carbons (Fsp3) is 0.667. The molecular weight excluding hydrogens is 220 g/mol. The maximum atomic E-state index is 11.2. The van der Waals surface area contributed by atoms with Gasteiger partial charge in [-0.05, 0) is 26.3 Å². The van der Waals surface area contributed by atoms with Crippen molar-refractivity contribution in [1.82, 2.24) is 9.88 Å². The average Bonchev–Trinajstić information content (AvgIpc) is 2.73. The number of aromatic nitrogens is 1. The van der Waals surface area contributed by atoms with Crippen LogP contribution in [0.4, 0.5) is 0 Å². The van der Waals surface area contributed by atoms with Gasteiger partial charge in [0.05, 0.1) is 11.2 Å². The fourth-order valence-corrected chi connectivity index (χ4v) is 2.90. The van der Waals surface area contributed by atoms with Crippen LogP contribution in [0.2, 0.25) is 0 Å². The number of ketones is 1. The van der Waals surface area contributed by atoms with Crippen LogP contribution in [0.3, 0.4) is 0 Å². The Bertz CT molecular complexity index is 337. The number of piperidine rings is 1. The van der Waals surface area contributed by atoms with Crippen molar-refractivity contribution in [3.63, 3.8) is 0 Å². The van der Waals surface area contributed by atoms with Crippen LogP contribution in [0.1, 0.15) is 38.3 Å². The maximum absolute atomic E-state index is 11.2. The molecule has 2 rings (SSSR count). The predicted octanol–water partition coefficient (Wildman–Crippen LogP) is 2.48. The van der Waals surface area contributed by atoms with Gasteiger partial charge in [-0.25, -0.2) is 4.98 Å². The van der Waals surface area contributed by atoms with Gasteiger partial charge in [-0.1, -0.05) is 6.42 Å². The van der Waals surface area contributed by atoms with Crippen LogP contribution in [-0.2, 0) is 11.3 Å². The molecule has 1 fully saturated rings. The Labute approximate surface area is 100 Å². The van der Waals surface area contributed by atoms with Crippen LogP contribution in [0.25, 0.3) is 0 Å². The number of rotatable bonds is 4. The number of hydrogen-bond acceptors (Lipinski definition) is 4. The zero-order valence-corrected chi connectivity index (χ0v) is 10.5. The highest BCUT2D eigenvalue weighted by Crippen LogP contribution is 2.22. The first-order valence-electron chi connectivity index (χ1n) is 5.86. The van der Waals surface area contributed by atoms with Crippen molar-refractivity contribution < 1.29 is 4.79 Å². The first-order valence-corrected chi connectivity index (χ1v) is 6.80. The van der Waals surface area contributed by atoms with E-state index in [4.69, 9.17) is 0 Å². The van der Waals surface area contributed by atoms with Crippen molar-refractivity contribution in [3.8, 4) is 0 Å². The highest BCUT2D eigenvalue weighted by Gasteiger charge is 2.23. The lowest BCUT2D eigenvalue weighted by molar-refractivity contribution is -0.118. The summed E-state index contributed by atoms with van der Waals surface area (Å²) in [5.74, 6) is 0.301. The summed E-state index contributed by atoms with van der Waals surface area (Å²) >= 11 is 1.64. The quantitative estimate of drug-likeness (QED) is 0.808. The van der Waals surface area contributed by atoms with Gasteiger partial charge in [0, 0.05) is 24.4 Å².